The van der Waals surface area contributed by atoms with Crippen molar-refractivity contribution in [1.29, 1.82) is 0 Å². The van der Waals surface area contributed by atoms with Crippen LogP contribution in [0.15, 0.2) is 42.5 Å². The Kier molecular flexibility index (Phi) is 6.20. The molecule has 0 aromatic heterocycles. The van der Waals surface area contributed by atoms with Crippen LogP contribution in [-0.2, 0) is 16.4 Å². The minimum Gasteiger partial charge on any atom is -0.352 e. The van der Waals surface area contributed by atoms with Gasteiger partial charge in [-0.2, -0.15) is 0 Å². The first-order valence-electron chi connectivity index (χ1n) is 8.17. The van der Waals surface area contributed by atoms with E-state index in [4.69, 9.17) is 0 Å². The van der Waals surface area contributed by atoms with Crippen LogP contribution in [0.4, 0.5) is 5.69 Å². The standard InChI is InChI=1S/C19H24N2O3S/c1-14-6-4-7-16(12-14)8-5-11-20-19(22)17-9-10-18(15(2)13-17)21-25(3,23)24/h4,6-7,9-10,12-13,21H,5,8,11H2,1-3H3,(H,20,22). The van der Waals surface area contributed by atoms with Gasteiger partial charge >= 0.3 is 0 Å². The van der Waals surface area contributed by atoms with E-state index in [9.17, 15) is 13.2 Å². The molecule has 0 aliphatic carbocycles. The zero-order valence-electron chi connectivity index (χ0n) is 14.8. The molecular weight excluding hydrogens is 336 g/mol. The highest BCUT2D eigenvalue weighted by Crippen LogP contribution is 2.17. The second kappa shape index (κ2) is 8.16. The van der Waals surface area contributed by atoms with Crippen molar-refractivity contribution in [3.63, 3.8) is 0 Å². The highest BCUT2D eigenvalue weighted by Gasteiger charge is 2.09. The van der Waals surface area contributed by atoms with Crippen molar-refractivity contribution >= 4 is 21.6 Å². The quantitative estimate of drug-likeness (QED) is 0.745. The van der Waals surface area contributed by atoms with Crippen LogP contribution in [0.1, 0.15) is 33.5 Å². The van der Waals surface area contributed by atoms with Gasteiger partial charge in [-0.1, -0.05) is 29.8 Å². The first-order chi connectivity index (χ1) is 11.7. The summed E-state index contributed by atoms with van der Waals surface area (Å²) in [6.07, 6.45) is 2.88. The van der Waals surface area contributed by atoms with E-state index < -0.39 is 10.0 Å². The normalized spacial score (nSPS) is 11.2. The number of hydrogen-bond acceptors (Lipinski definition) is 3. The largest absolute Gasteiger partial charge is 0.352 e. The molecule has 25 heavy (non-hydrogen) atoms. The van der Waals surface area contributed by atoms with Gasteiger partial charge < -0.3 is 5.32 Å². The molecule has 0 aliphatic heterocycles. The van der Waals surface area contributed by atoms with Crippen molar-refractivity contribution in [3.8, 4) is 0 Å². The molecule has 6 heteroatoms. The van der Waals surface area contributed by atoms with E-state index in [2.05, 4.69) is 35.2 Å². The number of amides is 1. The molecule has 5 nitrogen and oxygen atoms in total. The number of carbonyl (C=O) groups is 1. The summed E-state index contributed by atoms with van der Waals surface area (Å²) in [4.78, 5) is 12.2. The van der Waals surface area contributed by atoms with E-state index in [-0.39, 0.29) is 5.91 Å². The molecule has 0 saturated heterocycles. The molecule has 0 saturated carbocycles. The number of rotatable bonds is 7. The lowest BCUT2D eigenvalue weighted by Crippen LogP contribution is -2.25. The minimum atomic E-state index is -3.33. The number of sulfonamides is 1. The Bertz CT molecular complexity index is 861. The smallest absolute Gasteiger partial charge is 0.251 e. The van der Waals surface area contributed by atoms with Gasteiger partial charge in [0.2, 0.25) is 10.0 Å². The van der Waals surface area contributed by atoms with Crippen LogP contribution < -0.4 is 10.0 Å². The number of carbonyl (C=O) groups excluding carboxylic acids is 1. The number of benzene rings is 2. The van der Waals surface area contributed by atoms with E-state index in [1.54, 1.807) is 25.1 Å². The lowest BCUT2D eigenvalue weighted by atomic mass is 10.1. The Morgan fingerprint density at radius 1 is 1.08 bits per heavy atom. The van der Waals surface area contributed by atoms with Crippen molar-refractivity contribution in [2.24, 2.45) is 0 Å². The van der Waals surface area contributed by atoms with Gasteiger partial charge in [0.15, 0.2) is 0 Å². The van der Waals surface area contributed by atoms with Crippen LogP contribution in [0.3, 0.4) is 0 Å². The Hall–Kier alpha value is -2.34. The Morgan fingerprint density at radius 2 is 1.84 bits per heavy atom. The molecule has 0 spiro atoms. The molecule has 2 aromatic carbocycles. The van der Waals surface area contributed by atoms with Crippen LogP contribution in [0.5, 0.6) is 0 Å². The molecule has 2 aromatic rings. The summed E-state index contributed by atoms with van der Waals surface area (Å²) in [5.41, 5.74) is 4.21. The summed E-state index contributed by atoms with van der Waals surface area (Å²) in [7, 11) is -3.33. The summed E-state index contributed by atoms with van der Waals surface area (Å²) in [5, 5.41) is 2.90. The minimum absolute atomic E-state index is 0.154. The average molecular weight is 360 g/mol. The van der Waals surface area contributed by atoms with Crippen LogP contribution in [0.2, 0.25) is 0 Å². The number of anilines is 1. The van der Waals surface area contributed by atoms with Crippen molar-refractivity contribution in [2.45, 2.75) is 26.7 Å². The Morgan fingerprint density at radius 3 is 2.48 bits per heavy atom. The lowest BCUT2D eigenvalue weighted by Gasteiger charge is -2.10. The fourth-order valence-electron chi connectivity index (χ4n) is 2.58. The molecular formula is C19H24N2O3S. The van der Waals surface area contributed by atoms with E-state index >= 15 is 0 Å². The molecule has 0 atom stereocenters. The molecule has 2 rings (SSSR count). The molecule has 0 bridgehead atoms. The van der Waals surface area contributed by atoms with Crippen molar-refractivity contribution in [1.82, 2.24) is 5.32 Å². The second-order valence-corrected chi connectivity index (χ2v) is 8.00. The monoisotopic (exact) mass is 360 g/mol. The van der Waals surface area contributed by atoms with Crippen molar-refractivity contribution < 1.29 is 13.2 Å². The summed E-state index contributed by atoms with van der Waals surface area (Å²) in [6, 6.07) is 13.3. The van der Waals surface area contributed by atoms with E-state index in [0.717, 1.165) is 19.1 Å². The summed E-state index contributed by atoms with van der Waals surface area (Å²) in [5.74, 6) is -0.154. The molecule has 2 N–H and O–H groups in total. The van der Waals surface area contributed by atoms with Crippen molar-refractivity contribution in [3.05, 3.63) is 64.7 Å². The molecule has 1 amide bonds. The first kappa shape index (κ1) is 19.0. The zero-order valence-corrected chi connectivity index (χ0v) is 15.6. The average Bonchev–Trinajstić information content (AvgIpc) is 2.52. The van der Waals surface area contributed by atoms with Gasteiger partial charge in [-0.3, -0.25) is 9.52 Å². The van der Waals surface area contributed by atoms with Gasteiger partial charge in [-0.05, 0) is 56.0 Å². The van der Waals surface area contributed by atoms with Gasteiger partial charge in [0.05, 0.1) is 11.9 Å². The highest BCUT2D eigenvalue weighted by molar-refractivity contribution is 7.92. The molecule has 0 heterocycles. The van der Waals surface area contributed by atoms with E-state index in [1.807, 2.05) is 6.07 Å². The van der Waals surface area contributed by atoms with Gasteiger partial charge in [0, 0.05) is 12.1 Å². The van der Waals surface area contributed by atoms with Crippen molar-refractivity contribution in [2.75, 3.05) is 17.5 Å². The van der Waals surface area contributed by atoms with Gasteiger partial charge in [-0.25, -0.2) is 8.42 Å². The van der Waals surface area contributed by atoms with Crippen LogP contribution in [0.25, 0.3) is 0 Å². The van der Waals surface area contributed by atoms with Crippen LogP contribution >= 0.6 is 0 Å². The van der Waals surface area contributed by atoms with E-state index in [0.29, 0.717) is 23.4 Å². The Labute approximate surface area is 149 Å². The summed E-state index contributed by atoms with van der Waals surface area (Å²) in [6.45, 7) is 4.42. The number of hydrogen-bond donors (Lipinski definition) is 2. The maximum Gasteiger partial charge on any atom is 0.251 e. The SMILES string of the molecule is Cc1cccc(CCCNC(=O)c2ccc(NS(C)(=O)=O)c(C)c2)c1. The Balaban J connectivity index is 1.87. The predicted octanol–water partition coefficient (Wildman–Crippen LogP) is 3.04. The van der Waals surface area contributed by atoms with Gasteiger partial charge in [-0.15, -0.1) is 0 Å². The highest BCUT2D eigenvalue weighted by atomic mass is 32.2. The van der Waals surface area contributed by atoms with E-state index in [1.165, 1.54) is 11.1 Å². The molecule has 0 aliphatic rings. The van der Waals surface area contributed by atoms with Crippen LogP contribution in [0, 0.1) is 13.8 Å². The lowest BCUT2D eigenvalue weighted by molar-refractivity contribution is 0.0953. The van der Waals surface area contributed by atoms with Crippen LogP contribution in [-0.4, -0.2) is 27.1 Å². The third-order valence-electron chi connectivity index (χ3n) is 3.79. The number of nitrogens with one attached hydrogen (secondary N) is 2. The molecule has 134 valence electrons. The summed E-state index contributed by atoms with van der Waals surface area (Å²) >= 11 is 0. The predicted molar refractivity (Wildman–Crippen MR) is 101 cm³/mol. The third-order valence-corrected chi connectivity index (χ3v) is 4.38. The fraction of sp³-hybridized carbons (Fsp3) is 0.316. The second-order valence-electron chi connectivity index (χ2n) is 6.25. The maximum atomic E-state index is 12.2. The fourth-order valence-corrected chi connectivity index (χ4v) is 3.21. The molecule has 0 radical (unpaired) electrons. The topological polar surface area (TPSA) is 75.3 Å². The molecule has 0 fully saturated rings. The van der Waals surface area contributed by atoms with Gasteiger partial charge in [0.1, 0.15) is 0 Å². The first-order valence-corrected chi connectivity index (χ1v) is 10.1. The maximum absolute atomic E-state index is 12.2. The zero-order chi connectivity index (χ0) is 18.4. The number of aryl methyl sites for hydroxylation is 3. The summed E-state index contributed by atoms with van der Waals surface area (Å²) < 4.78 is 25.0. The molecule has 0 unspecified atom stereocenters. The van der Waals surface area contributed by atoms with Gasteiger partial charge in [0.25, 0.3) is 5.91 Å². The third kappa shape index (κ3) is 6.23.